The molecular formula is C9H10Br2O. The van der Waals surface area contributed by atoms with Gasteiger partial charge in [-0.2, -0.15) is 0 Å². The Morgan fingerprint density at radius 2 is 1.92 bits per heavy atom. The van der Waals surface area contributed by atoms with Gasteiger partial charge < -0.3 is 4.74 Å². The normalized spacial score (nSPS) is 12.6. The highest BCUT2D eigenvalue weighted by Gasteiger charge is 2.00. The van der Waals surface area contributed by atoms with Gasteiger partial charge in [0.15, 0.2) is 0 Å². The van der Waals surface area contributed by atoms with E-state index in [4.69, 9.17) is 4.74 Å². The van der Waals surface area contributed by atoms with Crippen molar-refractivity contribution in [1.29, 1.82) is 0 Å². The summed E-state index contributed by atoms with van der Waals surface area (Å²) >= 11 is 6.72. The summed E-state index contributed by atoms with van der Waals surface area (Å²) in [7, 11) is 0. The summed E-state index contributed by atoms with van der Waals surface area (Å²) in [5, 5.41) is 0.850. The van der Waals surface area contributed by atoms with Gasteiger partial charge >= 0.3 is 0 Å². The molecule has 0 N–H and O–H groups in total. The Hall–Kier alpha value is -0.0200. The highest BCUT2D eigenvalue weighted by atomic mass is 79.9. The summed E-state index contributed by atoms with van der Waals surface area (Å²) in [6, 6.07) is 7.83. The van der Waals surface area contributed by atoms with E-state index in [0.29, 0.717) is 0 Å². The third-order valence-electron chi connectivity index (χ3n) is 1.37. The van der Waals surface area contributed by atoms with Gasteiger partial charge in [0.05, 0.1) is 0 Å². The van der Waals surface area contributed by atoms with Gasteiger partial charge in [0.1, 0.15) is 11.9 Å². The molecule has 1 nitrogen and oxygen atoms in total. The first kappa shape index (κ1) is 10.1. The summed E-state index contributed by atoms with van der Waals surface area (Å²) in [5.74, 6) is 0.908. The van der Waals surface area contributed by atoms with E-state index in [2.05, 4.69) is 31.9 Å². The predicted octanol–water partition coefficient (Wildman–Crippen LogP) is 3.61. The van der Waals surface area contributed by atoms with Crippen LogP contribution in [0.5, 0.6) is 5.75 Å². The van der Waals surface area contributed by atoms with E-state index in [-0.39, 0.29) is 6.10 Å². The topological polar surface area (TPSA) is 9.23 Å². The average molecular weight is 294 g/mol. The molecule has 0 saturated heterocycles. The minimum atomic E-state index is 0.214. The number of rotatable bonds is 3. The van der Waals surface area contributed by atoms with Gasteiger partial charge in [-0.3, -0.25) is 0 Å². The molecule has 1 aromatic rings. The second kappa shape index (κ2) is 4.87. The first-order valence-electron chi connectivity index (χ1n) is 3.70. The fourth-order valence-electron chi connectivity index (χ4n) is 0.777. The average Bonchev–Trinajstić information content (AvgIpc) is 2.09. The van der Waals surface area contributed by atoms with E-state index in [1.807, 2.05) is 31.2 Å². The number of ether oxygens (including phenoxy) is 1. The van der Waals surface area contributed by atoms with Gasteiger partial charge in [-0.25, -0.2) is 0 Å². The maximum atomic E-state index is 5.55. The zero-order valence-corrected chi connectivity index (χ0v) is 9.93. The van der Waals surface area contributed by atoms with Gasteiger partial charge in [-0.15, -0.1) is 0 Å². The van der Waals surface area contributed by atoms with Crippen molar-refractivity contribution in [2.45, 2.75) is 13.0 Å². The number of hydrogen-bond acceptors (Lipinski definition) is 1. The van der Waals surface area contributed by atoms with Crippen LogP contribution in [0.25, 0.3) is 0 Å². The van der Waals surface area contributed by atoms with Crippen LogP contribution in [0.4, 0.5) is 0 Å². The van der Waals surface area contributed by atoms with Crippen molar-refractivity contribution in [3.8, 4) is 5.75 Å². The molecular weight excluding hydrogens is 284 g/mol. The van der Waals surface area contributed by atoms with Crippen molar-refractivity contribution in [2.75, 3.05) is 5.33 Å². The molecule has 0 amide bonds. The van der Waals surface area contributed by atoms with E-state index in [0.717, 1.165) is 15.6 Å². The molecule has 0 unspecified atom stereocenters. The highest BCUT2D eigenvalue weighted by molar-refractivity contribution is 9.10. The molecule has 1 atom stereocenters. The molecule has 1 aromatic carbocycles. The number of benzene rings is 1. The van der Waals surface area contributed by atoms with Gasteiger partial charge in [-0.05, 0) is 31.2 Å². The lowest BCUT2D eigenvalue weighted by atomic mass is 10.3. The highest BCUT2D eigenvalue weighted by Crippen LogP contribution is 2.17. The Balaban J connectivity index is 2.58. The Bertz CT molecular complexity index is 233. The Morgan fingerprint density at radius 3 is 2.42 bits per heavy atom. The SMILES string of the molecule is C[C@@H](CBr)Oc1ccc(Br)cc1. The first-order chi connectivity index (χ1) is 5.72. The largest absolute Gasteiger partial charge is 0.490 e. The van der Waals surface area contributed by atoms with E-state index in [1.165, 1.54) is 0 Å². The summed E-state index contributed by atoms with van der Waals surface area (Å²) in [6.45, 7) is 2.02. The van der Waals surface area contributed by atoms with Crippen molar-refractivity contribution in [1.82, 2.24) is 0 Å². The number of alkyl halides is 1. The molecule has 0 aliphatic carbocycles. The summed E-state index contributed by atoms with van der Waals surface area (Å²) in [4.78, 5) is 0. The van der Waals surface area contributed by atoms with Gasteiger partial charge in [0.2, 0.25) is 0 Å². The fourth-order valence-corrected chi connectivity index (χ4v) is 1.17. The molecule has 0 heterocycles. The van der Waals surface area contributed by atoms with Crippen molar-refractivity contribution in [3.63, 3.8) is 0 Å². The molecule has 0 aromatic heterocycles. The predicted molar refractivity (Wildman–Crippen MR) is 58.0 cm³/mol. The maximum absolute atomic E-state index is 5.55. The van der Waals surface area contributed by atoms with Gasteiger partial charge in [0.25, 0.3) is 0 Å². The van der Waals surface area contributed by atoms with Crippen LogP contribution in [-0.2, 0) is 0 Å². The number of hydrogen-bond donors (Lipinski definition) is 0. The summed E-state index contributed by atoms with van der Waals surface area (Å²) < 4.78 is 6.62. The minimum absolute atomic E-state index is 0.214. The lowest BCUT2D eigenvalue weighted by Gasteiger charge is -2.11. The third-order valence-corrected chi connectivity index (χ3v) is 2.81. The maximum Gasteiger partial charge on any atom is 0.119 e. The second-order valence-electron chi connectivity index (χ2n) is 2.54. The van der Waals surface area contributed by atoms with Crippen molar-refractivity contribution in [2.24, 2.45) is 0 Å². The van der Waals surface area contributed by atoms with Crippen LogP contribution in [0.2, 0.25) is 0 Å². The number of halogens is 2. The molecule has 0 spiro atoms. The van der Waals surface area contributed by atoms with Gasteiger partial charge in [-0.1, -0.05) is 31.9 Å². The fraction of sp³-hybridized carbons (Fsp3) is 0.333. The lowest BCUT2D eigenvalue weighted by molar-refractivity contribution is 0.248. The molecule has 0 aliphatic heterocycles. The van der Waals surface area contributed by atoms with Crippen LogP contribution in [-0.4, -0.2) is 11.4 Å². The van der Waals surface area contributed by atoms with Crippen LogP contribution in [0.3, 0.4) is 0 Å². The third kappa shape index (κ3) is 3.15. The van der Waals surface area contributed by atoms with Crippen molar-refractivity contribution < 1.29 is 4.74 Å². The van der Waals surface area contributed by atoms with Gasteiger partial charge in [0, 0.05) is 9.80 Å². The molecule has 66 valence electrons. The van der Waals surface area contributed by atoms with E-state index in [1.54, 1.807) is 0 Å². The smallest absolute Gasteiger partial charge is 0.119 e. The van der Waals surface area contributed by atoms with Crippen LogP contribution >= 0.6 is 31.9 Å². The zero-order valence-electron chi connectivity index (χ0n) is 6.76. The Morgan fingerprint density at radius 1 is 1.33 bits per heavy atom. The van der Waals surface area contributed by atoms with E-state index in [9.17, 15) is 0 Å². The standard InChI is InChI=1S/C9H10Br2O/c1-7(6-10)12-9-4-2-8(11)3-5-9/h2-5,7H,6H2,1H3/t7-/m0/s1. The molecule has 0 radical (unpaired) electrons. The molecule has 0 saturated carbocycles. The molecule has 0 aliphatic rings. The lowest BCUT2D eigenvalue weighted by Crippen LogP contribution is -2.12. The van der Waals surface area contributed by atoms with Crippen LogP contribution < -0.4 is 4.74 Å². The second-order valence-corrected chi connectivity index (χ2v) is 4.10. The Kier molecular flexibility index (Phi) is 4.09. The first-order valence-corrected chi connectivity index (χ1v) is 5.62. The van der Waals surface area contributed by atoms with Crippen LogP contribution in [0, 0.1) is 0 Å². The Labute approximate surface area is 89.4 Å². The molecule has 0 fully saturated rings. The van der Waals surface area contributed by atoms with E-state index >= 15 is 0 Å². The summed E-state index contributed by atoms with van der Waals surface area (Å²) in [5.41, 5.74) is 0. The van der Waals surface area contributed by atoms with Crippen molar-refractivity contribution in [3.05, 3.63) is 28.7 Å². The molecule has 3 heteroatoms. The van der Waals surface area contributed by atoms with Crippen LogP contribution in [0.1, 0.15) is 6.92 Å². The quantitative estimate of drug-likeness (QED) is 0.774. The molecule has 0 bridgehead atoms. The molecule has 12 heavy (non-hydrogen) atoms. The van der Waals surface area contributed by atoms with E-state index < -0.39 is 0 Å². The summed E-state index contributed by atoms with van der Waals surface area (Å²) in [6.07, 6.45) is 0.214. The zero-order chi connectivity index (χ0) is 8.97. The van der Waals surface area contributed by atoms with Crippen LogP contribution in [0.15, 0.2) is 28.7 Å². The minimum Gasteiger partial charge on any atom is -0.490 e. The molecule has 1 rings (SSSR count). The monoisotopic (exact) mass is 292 g/mol. The van der Waals surface area contributed by atoms with Crippen molar-refractivity contribution >= 4 is 31.9 Å².